The van der Waals surface area contributed by atoms with Gasteiger partial charge in [-0.2, -0.15) is 4.98 Å². The lowest BCUT2D eigenvalue weighted by molar-refractivity contribution is 0.392. The van der Waals surface area contributed by atoms with Gasteiger partial charge in [-0.1, -0.05) is 23.4 Å². The Morgan fingerprint density at radius 2 is 1.88 bits per heavy atom. The largest absolute Gasteiger partial charge is 0.496 e. The zero-order valence-corrected chi connectivity index (χ0v) is 15.5. The van der Waals surface area contributed by atoms with Crippen molar-refractivity contribution in [1.29, 1.82) is 0 Å². The van der Waals surface area contributed by atoms with Crippen LogP contribution in [-0.2, 0) is 10.0 Å². The van der Waals surface area contributed by atoms with Crippen LogP contribution in [0.15, 0.2) is 57.9 Å². The number of aromatic nitrogens is 2. The maximum atomic E-state index is 13.2. The number of ether oxygens (including phenoxy) is 1. The van der Waals surface area contributed by atoms with Crippen molar-refractivity contribution in [2.75, 3.05) is 18.0 Å². The molecular weight excluding hydrogens is 354 g/mol. The molecule has 2 aromatic carbocycles. The minimum atomic E-state index is -3.76. The molecule has 0 aliphatic rings. The topological polar surface area (TPSA) is 85.5 Å². The summed E-state index contributed by atoms with van der Waals surface area (Å²) in [4.78, 5) is 4.30. The minimum Gasteiger partial charge on any atom is -0.496 e. The zero-order chi connectivity index (χ0) is 18.7. The monoisotopic (exact) mass is 373 g/mol. The Balaban J connectivity index is 2.10. The molecule has 0 fully saturated rings. The van der Waals surface area contributed by atoms with Crippen molar-refractivity contribution < 1.29 is 17.7 Å². The van der Waals surface area contributed by atoms with Crippen LogP contribution < -0.4 is 9.04 Å². The van der Waals surface area contributed by atoms with Gasteiger partial charge in [-0.05, 0) is 37.3 Å². The van der Waals surface area contributed by atoms with Gasteiger partial charge in [0.05, 0.1) is 23.3 Å². The lowest BCUT2D eigenvalue weighted by Gasteiger charge is -2.23. The van der Waals surface area contributed by atoms with Gasteiger partial charge in [-0.15, -0.1) is 0 Å². The van der Waals surface area contributed by atoms with Crippen molar-refractivity contribution in [3.63, 3.8) is 0 Å². The molecular formula is C18H19N3O4S. The van der Waals surface area contributed by atoms with E-state index in [9.17, 15) is 8.42 Å². The van der Waals surface area contributed by atoms with Gasteiger partial charge in [0.2, 0.25) is 11.7 Å². The van der Waals surface area contributed by atoms with Crippen LogP contribution in [0.4, 0.5) is 5.69 Å². The second-order valence-electron chi connectivity index (χ2n) is 5.50. The van der Waals surface area contributed by atoms with Crippen LogP contribution >= 0.6 is 0 Å². The van der Waals surface area contributed by atoms with E-state index < -0.39 is 10.0 Å². The van der Waals surface area contributed by atoms with Gasteiger partial charge < -0.3 is 9.26 Å². The highest BCUT2D eigenvalue weighted by atomic mass is 32.2. The summed E-state index contributed by atoms with van der Waals surface area (Å²) in [7, 11) is -2.26. The molecule has 0 aliphatic carbocycles. The number of aryl methyl sites for hydroxylation is 1. The first-order chi connectivity index (χ1) is 12.5. The SMILES string of the molecule is CCN(c1ccccc1)S(=O)(=O)c1ccc(OC)c(-c2noc(C)n2)c1. The van der Waals surface area contributed by atoms with Crippen molar-refractivity contribution in [2.45, 2.75) is 18.7 Å². The van der Waals surface area contributed by atoms with E-state index in [0.717, 1.165) is 0 Å². The molecule has 136 valence electrons. The van der Waals surface area contributed by atoms with Crippen molar-refractivity contribution in [3.8, 4) is 17.1 Å². The van der Waals surface area contributed by atoms with Crippen LogP contribution in [0.25, 0.3) is 11.4 Å². The number of nitrogens with zero attached hydrogens (tertiary/aromatic N) is 3. The molecule has 0 saturated heterocycles. The Labute approximate surface area is 152 Å². The van der Waals surface area contributed by atoms with Crippen LogP contribution in [-0.4, -0.2) is 32.2 Å². The second-order valence-corrected chi connectivity index (χ2v) is 7.37. The first-order valence-electron chi connectivity index (χ1n) is 8.04. The molecule has 0 spiro atoms. The average molecular weight is 373 g/mol. The summed E-state index contributed by atoms with van der Waals surface area (Å²) in [6.07, 6.45) is 0. The lowest BCUT2D eigenvalue weighted by Crippen LogP contribution is -2.30. The molecule has 8 heteroatoms. The summed E-state index contributed by atoms with van der Waals surface area (Å²) < 4.78 is 38.0. The molecule has 3 aromatic rings. The van der Waals surface area contributed by atoms with Crippen molar-refractivity contribution >= 4 is 15.7 Å². The number of rotatable bonds is 6. The third-order valence-electron chi connectivity index (χ3n) is 3.86. The molecule has 0 bridgehead atoms. The average Bonchev–Trinajstić information content (AvgIpc) is 3.08. The summed E-state index contributed by atoms with van der Waals surface area (Å²) >= 11 is 0. The Morgan fingerprint density at radius 1 is 1.15 bits per heavy atom. The van der Waals surface area contributed by atoms with E-state index in [0.29, 0.717) is 29.4 Å². The zero-order valence-electron chi connectivity index (χ0n) is 14.7. The minimum absolute atomic E-state index is 0.126. The van der Waals surface area contributed by atoms with E-state index in [1.165, 1.54) is 23.5 Å². The van der Waals surface area contributed by atoms with Crippen LogP contribution in [0.1, 0.15) is 12.8 Å². The molecule has 3 rings (SSSR count). The fourth-order valence-electron chi connectivity index (χ4n) is 2.64. The van der Waals surface area contributed by atoms with Gasteiger partial charge in [0.15, 0.2) is 0 Å². The van der Waals surface area contributed by atoms with Crippen molar-refractivity contribution in [2.24, 2.45) is 0 Å². The highest BCUT2D eigenvalue weighted by molar-refractivity contribution is 7.92. The fourth-order valence-corrected chi connectivity index (χ4v) is 4.14. The summed E-state index contributed by atoms with van der Waals surface area (Å²) in [5, 5.41) is 3.87. The van der Waals surface area contributed by atoms with E-state index in [2.05, 4.69) is 10.1 Å². The van der Waals surface area contributed by atoms with E-state index >= 15 is 0 Å². The lowest BCUT2D eigenvalue weighted by atomic mass is 10.2. The molecule has 0 N–H and O–H groups in total. The summed E-state index contributed by atoms with van der Waals surface area (Å²) in [6, 6.07) is 13.6. The summed E-state index contributed by atoms with van der Waals surface area (Å²) in [5.74, 6) is 1.13. The smallest absolute Gasteiger partial charge is 0.264 e. The van der Waals surface area contributed by atoms with Gasteiger partial charge >= 0.3 is 0 Å². The number of anilines is 1. The molecule has 1 aromatic heterocycles. The van der Waals surface area contributed by atoms with Crippen LogP contribution in [0.5, 0.6) is 5.75 Å². The van der Waals surface area contributed by atoms with Gasteiger partial charge in [0, 0.05) is 13.5 Å². The first kappa shape index (κ1) is 17.9. The molecule has 0 amide bonds. The standard InChI is InChI=1S/C18H19N3O4S/c1-4-21(14-8-6-5-7-9-14)26(22,23)15-10-11-17(24-3)16(12-15)18-19-13(2)25-20-18/h5-12H,4H2,1-3H3. The quantitative estimate of drug-likeness (QED) is 0.659. The van der Waals surface area contributed by atoms with E-state index in [-0.39, 0.29) is 10.7 Å². The second kappa shape index (κ2) is 7.17. The maximum Gasteiger partial charge on any atom is 0.264 e. The van der Waals surface area contributed by atoms with Crippen molar-refractivity contribution in [3.05, 3.63) is 54.4 Å². The molecule has 26 heavy (non-hydrogen) atoms. The summed E-state index contributed by atoms with van der Waals surface area (Å²) in [5.41, 5.74) is 1.05. The van der Waals surface area contributed by atoms with E-state index in [1.807, 2.05) is 6.07 Å². The highest BCUT2D eigenvalue weighted by Crippen LogP contribution is 2.32. The van der Waals surface area contributed by atoms with Gasteiger partial charge in [0.25, 0.3) is 10.0 Å². The molecule has 0 radical (unpaired) electrons. The van der Waals surface area contributed by atoms with Crippen LogP contribution in [0, 0.1) is 6.92 Å². The predicted octanol–water partition coefficient (Wildman–Crippen LogP) is 3.27. The fraction of sp³-hybridized carbons (Fsp3) is 0.222. The maximum absolute atomic E-state index is 13.2. The molecule has 0 atom stereocenters. The third-order valence-corrected chi connectivity index (χ3v) is 5.76. The predicted molar refractivity (Wildman–Crippen MR) is 97.7 cm³/mol. The van der Waals surface area contributed by atoms with Gasteiger partial charge in [-0.25, -0.2) is 8.42 Å². The molecule has 0 aliphatic heterocycles. The number of para-hydroxylation sites is 1. The normalized spacial score (nSPS) is 11.3. The number of benzene rings is 2. The van der Waals surface area contributed by atoms with Crippen LogP contribution in [0.3, 0.4) is 0 Å². The summed E-state index contributed by atoms with van der Waals surface area (Å²) in [6.45, 7) is 3.75. The van der Waals surface area contributed by atoms with Gasteiger partial charge in [0.1, 0.15) is 5.75 Å². The number of hydrogen-bond donors (Lipinski definition) is 0. The molecule has 7 nitrogen and oxygen atoms in total. The van der Waals surface area contributed by atoms with E-state index in [1.54, 1.807) is 44.2 Å². The number of hydrogen-bond acceptors (Lipinski definition) is 6. The molecule has 1 heterocycles. The Kier molecular flexibility index (Phi) is 4.94. The Bertz CT molecular complexity index is 1000. The highest BCUT2D eigenvalue weighted by Gasteiger charge is 2.25. The number of sulfonamides is 1. The Morgan fingerprint density at radius 3 is 2.46 bits per heavy atom. The molecule has 0 unspecified atom stereocenters. The van der Waals surface area contributed by atoms with Crippen LogP contribution in [0.2, 0.25) is 0 Å². The van der Waals surface area contributed by atoms with Crippen molar-refractivity contribution in [1.82, 2.24) is 10.1 Å². The Hall–Kier alpha value is -2.87. The first-order valence-corrected chi connectivity index (χ1v) is 9.48. The van der Waals surface area contributed by atoms with E-state index in [4.69, 9.17) is 9.26 Å². The van der Waals surface area contributed by atoms with Gasteiger partial charge in [-0.3, -0.25) is 4.31 Å². The molecule has 0 saturated carbocycles. The number of methoxy groups -OCH3 is 1. The third kappa shape index (κ3) is 3.28.